The molecule has 15 heavy (non-hydrogen) atoms. The van der Waals surface area contributed by atoms with Crippen LogP contribution in [-0.2, 0) is 0 Å². The van der Waals surface area contributed by atoms with Crippen molar-refractivity contribution >= 4 is 0 Å². The van der Waals surface area contributed by atoms with Crippen LogP contribution in [0.5, 0.6) is 0 Å². The lowest BCUT2D eigenvalue weighted by Crippen LogP contribution is -2.43. The Morgan fingerprint density at radius 3 is 2.20 bits per heavy atom. The van der Waals surface area contributed by atoms with Crippen molar-refractivity contribution in [2.75, 3.05) is 26.7 Å². The van der Waals surface area contributed by atoms with Crippen molar-refractivity contribution in [1.29, 1.82) is 0 Å². The van der Waals surface area contributed by atoms with E-state index in [0.717, 1.165) is 13.1 Å². The van der Waals surface area contributed by atoms with Gasteiger partial charge in [0.1, 0.15) is 0 Å². The number of nitrogens with one attached hydrogen (secondary N) is 1. The molecule has 0 aliphatic rings. The van der Waals surface area contributed by atoms with Crippen molar-refractivity contribution in [1.82, 2.24) is 10.2 Å². The highest BCUT2D eigenvalue weighted by Gasteiger charge is 2.19. The molecule has 0 aromatic carbocycles. The summed E-state index contributed by atoms with van der Waals surface area (Å²) in [6.45, 7) is 14.7. The zero-order valence-corrected chi connectivity index (χ0v) is 11.6. The largest absolute Gasteiger partial charge is 0.315 e. The minimum Gasteiger partial charge on any atom is -0.315 e. The van der Waals surface area contributed by atoms with Gasteiger partial charge in [0.05, 0.1) is 0 Å². The number of rotatable bonds is 7. The SMILES string of the molecule is CCCC(CNCC)N(C)CC(C)(C)C. The second kappa shape index (κ2) is 7.24. The molecule has 2 heteroatoms. The molecule has 0 heterocycles. The molecule has 0 bridgehead atoms. The van der Waals surface area contributed by atoms with Gasteiger partial charge in [0.15, 0.2) is 0 Å². The second-order valence-corrected chi connectivity index (χ2v) is 5.73. The summed E-state index contributed by atoms with van der Waals surface area (Å²) in [5.74, 6) is 0. The molecule has 0 aromatic heterocycles. The topological polar surface area (TPSA) is 15.3 Å². The number of likely N-dealkylation sites (N-methyl/N-ethyl adjacent to an activating group) is 2. The maximum atomic E-state index is 3.46. The van der Waals surface area contributed by atoms with Crippen LogP contribution in [0.25, 0.3) is 0 Å². The van der Waals surface area contributed by atoms with E-state index >= 15 is 0 Å². The van der Waals surface area contributed by atoms with Crippen molar-refractivity contribution in [2.24, 2.45) is 5.41 Å². The molecule has 1 unspecified atom stereocenters. The van der Waals surface area contributed by atoms with Crippen molar-refractivity contribution in [3.05, 3.63) is 0 Å². The molecule has 2 nitrogen and oxygen atoms in total. The number of hydrogen-bond acceptors (Lipinski definition) is 2. The lowest BCUT2D eigenvalue weighted by Gasteiger charge is -2.33. The molecular formula is C13H30N2. The molecular weight excluding hydrogens is 184 g/mol. The van der Waals surface area contributed by atoms with Crippen molar-refractivity contribution in [3.8, 4) is 0 Å². The summed E-state index contributed by atoms with van der Waals surface area (Å²) >= 11 is 0. The fraction of sp³-hybridized carbons (Fsp3) is 1.00. The molecule has 0 aromatic rings. The molecule has 0 aliphatic carbocycles. The van der Waals surface area contributed by atoms with Crippen LogP contribution < -0.4 is 5.32 Å². The van der Waals surface area contributed by atoms with Gasteiger partial charge in [-0.2, -0.15) is 0 Å². The van der Waals surface area contributed by atoms with E-state index in [4.69, 9.17) is 0 Å². The van der Waals surface area contributed by atoms with E-state index < -0.39 is 0 Å². The average Bonchev–Trinajstić information content (AvgIpc) is 2.09. The Bertz CT molecular complexity index is 149. The summed E-state index contributed by atoms with van der Waals surface area (Å²) < 4.78 is 0. The van der Waals surface area contributed by atoms with Gasteiger partial charge >= 0.3 is 0 Å². The van der Waals surface area contributed by atoms with E-state index in [1.807, 2.05) is 0 Å². The zero-order valence-electron chi connectivity index (χ0n) is 11.6. The van der Waals surface area contributed by atoms with E-state index in [0.29, 0.717) is 11.5 Å². The monoisotopic (exact) mass is 214 g/mol. The van der Waals surface area contributed by atoms with Gasteiger partial charge < -0.3 is 10.2 Å². The first-order chi connectivity index (χ1) is 6.90. The Labute approximate surface area is 96.4 Å². The zero-order chi connectivity index (χ0) is 11.9. The number of nitrogens with zero attached hydrogens (tertiary/aromatic N) is 1. The third kappa shape index (κ3) is 7.80. The fourth-order valence-corrected chi connectivity index (χ4v) is 2.00. The van der Waals surface area contributed by atoms with Gasteiger partial charge in [0.2, 0.25) is 0 Å². The predicted octanol–water partition coefficient (Wildman–Crippen LogP) is 2.74. The Morgan fingerprint density at radius 1 is 1.20 bits per heavy atom. The van der Waals surface area contributed by atoms with E-state index in [2.05, 4.69) is 51.9 Å². The van der Waals surface area contributed by atoms with Gasteiger partial charge in [-0.3, -0.25) is 0 Å². The fourth-order valence-electron chi connectivity index (χ4n) is 2.00. The van der Waals surface area contributed by atoms with E-state index in [9.17, 15) is 0 Å². The summed E-state index contributed by atoms with van der Waals surface area (Å²) in [6, 6.07) is 0.689. The summed E-state index contributed by atoms with van der Waals surface area (Å²) in [5.41, 5.74) is 0.396. The second-order valence-electron chi connectivity index (χ2n) is 5.73. The third-order valence-corrected chi connectivity index (χ3v) is 2.60. The lowest BCUT2D eigenvalue weighted by atomic mass is 9.95. The minimum atomic E-state index is 0.396. The molecule has 0 spiro atoms. The highest BCUT2D eigenvalue weighted by molar-refractivity contribution is 4.75. The third-order valence-electron chi connectivity index (χ3n) is 2.60. The smallest absolute Gasteiger partial charge is 0.0217 e. The lowest BCUT2D eigenvalue weighted by molar-refractivity contribution is 0.161. The quantitative estimate of drug-likeness (QED) is 0.701. The minimum absolute atomic E-state index is 0.396. The standard InChI is InChI=1S/C13H30N2/c1-7-9-12(10-14-8-2)15(6)11-13(3,4)5/h12,14H,7-11H2,1-6H3. The Kier molecular flexibility index (Phi) is 7.20. The molecule has 0 rings (SSSR count). The molecule has 1 N–H and O–H groups in total. The first-order valence-electron chi connectivity index (χ1n) is 6.31. The molecule has 1 atom stereocenters. The highest BCUT2D eigenvalue weighted by atomic mass is 15.2. The highest BCUT2D eigenvalue weighted by Crippen LogP contribution is 2.17. The van der Waals surface area contributed by atoms with Crippen LogP contribution in [-0.4, -0.2) is 37.6 Å². The first kappa shape index (κ1) is 14.9. The molecule has 0 saturated carbocycles. The van der Waals surface area contributed by atoms with E-state index in [-0.39, 0.29) is 0 Å². The molecule has 0 saturated heterocycles. The summed E-state index contributed by atoms with van der Waals surface area (Å²) in [6.07, 6.45) is 2.56. The summed E-state index contributed by atoms with van der Waals surface area (Å²) in [7, 11) is 2.25. The van der Waals surface area contributed by atoms with Crippen LogP contribution in [0.4, 0.5) is 0 Å². The van der Waals surface area contributed by atoms with E-state index in [1.165, 1.54) is 19.4 Å². The van der Waals surface area contributed by atoms with Gasteiger partial charge in [0, 0.05) is 19.1 Å². The van der Waals surface area contributed by atoms with Gasteiger partial charge in [-0.05, 0) is 25.4 Å². The average molecular weight is 214 g/mol. The van der Waals surface area contributed by atoms with Gasteiger partial charge in [-0.15, -0.1) is 0 Å². The van der Waals surface area contributed by atoms with Gasteiger partial charge in [-0.25, -0.2) is 0 Å². The van der Waals surface area contributed by atoms with Crippen molar-refractivity contribution in [3.63, 3.8) is 0 Å². The number of hydrogen-bond donors (Lipinski definition) is 1. The molecule has 0 fully saturated rings. The predicted molar refractivity (Wildman–Crippen MR) is 69.3 cm³/mol. The molecule has 0 amide bonds. The Hall–Kier alpha value is -0.0800. The van der Waals surface area contributed by atoms with Crippen LogP contribution in [0.3, 0.4) is 0 Å². The van der Waals surface area contributed by atoms with Crippen LogP contribution in [0.1, 0.15) is 47.5 Å². The molecule has 0 radical (unpaired) electrons. The van der Waals surface area contributed by atoms with Crippen LogP contribution in [0, 0.1) is 5.41 Å². The Balaban J connectivity index is 4.09. The van der Waals surface area contributed by atoms with Gasteiger partial charge in [0.25, 0.3) is 0 Å². The van der Waals surface area contributed by atoms with Crippen LogP contribution in [0.2, 0.25) is 0 Å². The summed E-state index contributed by atoms with van der Waals surface area (Å²) in [5, 5.41) is 3.46. The Morgan fingerprint density at radius 2 is 1.80 bits per heavy atom. The van der Waals surface area contributed by atoms with E-state index in [1.54, 1.807) is 0 Å². The van der Waals surface area contributed by atoms with Crippen molar-refractivity contribution < 1.29 is 0 Å². The normalized spacial score (nSPS) is 14.6. The van der Waals surface area contributed by atoms with Crippen molar-refractivity contribution in [2.45, 2.75) is 53.5 Å². The molecule has 0 aliphatic heterocycles. The summed E-state index contributed by atoms with van der Waals surface area (Å²) in [4.78, 5) is 2.51. The van der Waals surface area contributed by atoms with Gasteiger partial charge in [-0.1, -0.05) is 41.0 Å². The van der Waals surface area contributed by atoms with Crippen LogP contribution in [0.15, 0.2) is 0 Å². The molecule has 92 valence electrons. The maximum Gasteiger partial charge on any atom is 0.0217 e. The van der Waals surface area contributed by atoms with Crippen LogP contribution >= 0.6 is 0 Å². The first-order valence-corrected chi connectivity index (χ1v) is 6.31. The maximum absolute atomic E-state index is 3.46.